The smallest absolute Gasteiger partial charge is 0.0488 e. The van der Waals surface area contributed by atoms with Crippen LogP contribution in [0.15, 0.2) is 12.1 Å². The van der Waals surface area contributed by atoms with E-state index in [9.17, 15) is 0 Å². The summed E-state index contributed by atoms with van der Waals surface area (Å²) in [7, 11) is 0. The number of aromatic amines is 1. The molecule has 3 rings (SSSR count). The lowest BCUT2D eigenvalue weighted by molar-refractivity contribution is 0.376. The molecule has 1 aliphatic heterocycles. The highest BCUT2D eigenvalue weighted by atomic mass is 14.9. The van der Waals surface area contributed by atoms with Gasteiger partial charge < -0.3 is 10.3 Å². The van der Waals surface area contributed by atoms with E-state index in [0.29, 0.717) is 0 Å². The van der Waals surface area contributed by atoms with Crippen LogP contribution in [0, 0.1) is 26.7 Å². The first kappa shape index (κ1) is 12.7. The van der Waals surface area contributed by atoms with E-state index in [0.717, 1.165) is 5.92 Å². The molecule has 2 nitrogen and oxygen atoms in total. The second kappa shape index (κ2) is 5.01. The zero-order chi connectivity index (χ0) is 13.4. The molecular weight excluding hydrogens is 232 g/mol. The maximum atomic E-state index is 3.59. The van der Waals surface area contributed by atoms with Gasteiger partial charge in [-0.15, -0.1) is 0 Å². The highest BCUT2D eigenvalue weighted by Crippen LogP contribution is 2.29. The minimum atomic E-state index is 0.798. The molecule has 2 aromatic rings. The van der Waals surface area contributed by atoms with Gasteiger partial charge in [0.15, 0.2) is 0 Å². The molecule has 1 unspecified atom stereocenters. The van der Waals surface area contributed by atoms with Gasteiger partial charge in [0.2, 0.25) is 0 Å². The first-order valence-corrected chi connectivity index (χ1v) is 7.44. The van der Waals surface area contributed by atoms with Gasteiger partial charge in [0.05, 0.1) is 0 Å². The molecule has 2 heterocycles. The maximum absolute atomic E-state index is 3.59. The second-order valence-electron chi connectivity index (χ2n) is 6.15. The normalized spacial score (nSPS) is 20.1. The van der Waals surface area contributed by atoms with Crippen LogP contribution in [-0.4, -0.2) is 18.1 Å². The lowest BCUT2D eigenvalue weighted by Crippen LogP contribution is -2.30. The highest BCUT2D eigenvalue weighted by Gasteiger charge is 2.18. The van der Waals surface area contributed by atoms with E-state index >= 15 is 0 Å². The Kier molecular flexibility index (Phi) is 3.36. The predicted octanol–water partition coefficient (Wildman–Crippen LogP) is 3.64. The number of fused-ring (bicyclic) bond motifs is 1. The Bertz CT molecular complexity index is 589. The van der Waals surface area contributed by atoms with Crippen molar-refractivity contribution in [3.05, 3.63) is 34.5 Å². The van der Waals surface area contributed by atoms with Crippen LogP contribution in [-0.2, 0) is 6.42 Å². The Labute approximate surface area is 115 Å². The van der Waals surface area contributed by atoms with Crippen LogP contribution in [0.1, 0.15) is 35.2 Å². The van der Waals surface area contributed by atoms with Crippen LogP contribution < -0.4 is 5.32 Å². The van der Waals surface area contributed by atoms with Crippen molar-refractivity contribution in [1.29, 1.82) is 0 Å². The van der Waals surface area contributed by atoms with E-state index in [2.05, 4.69) is 43.2 Å². The average Bonchev–Trinajstić information content (AvgIpc) is 2.69. The lowest BCUT2D eigenvalue weighted by atomic mass is 9.90. The van der Waals surface area contributed by atoms with Crippen molar-refractivity contribution in [2.75, 3.05) is 13.1 Å². The molecule has 0 bridgehead atoms. The van der Waals surface area contributed by atoms with Crippen molar-refractivity contribution in [2.24, 2.45) is 5.92 Å². The quantitative estimate of drug-likeness (QED) is 0.843. The number of piperidine rings is 1. The second-order valence-corrected chi connectivity index (χ2v) is 6.15. The van der Waals surface area contributed by atoms with E-state index in [4.69, 9.17) is 0 Å². The molecule has 0 spiro atoms. The van der Waals surface area contributed by atoms with Crippen LogP contribution in [0.25, 0.3) is 10.9 Å². The van der Waals surface area contributed by atoms with E-state index in [-0.39, 0.29) is 0 Å². The zero-order valence-corrected chi connectivity index (χ0v) is 12.3. The first-order valence-electron chi connectivity index (χ1n) is 7.44. The molecule has 1 aliphatic rings. The molecule has 2 N–H and O–H groups in total. The summed E-state index contributed by atoms with van der Waals surface area (Å²) in [6.45, 7) is 9.00. The molecule has 19 heavy (non-hydrogen) atoms. The Morgan fingerprint density at radius 1 is 1.21 bits per heavy atom. The van der Waals surface area contributed by atoms with Crippen LogP contribution in [0.2, 0.25) is 0 Å². The Morgan fingerprint density at radius 2 is 2.05 bits per heavy atom. The van der Waals surface area contributed by atoms with Gasteiger partial charge in [-0.05, 0) is 76.2 Å². The van der Waals surface area contributed by atoms with Crippen molar-refractivity contribution in [1.82, 2.24) is 10.3 Å². The molecule has 0 amide bonds. The van der Waals surface area contributed by atoms with Crippen molar-refractivity contribution in [3.63, 3.8) is 0 Å². The number of hydrogen-bond donors (Lipinski definition) is 2. The number of H-pyrrole nitrogens is 1. The maximum Gasteiger partial charge on any atom is 0.0488 e. The van der Waals surface area contributed by atoms with Crippen molar-refractivity contribution in [3.8, 4) is 0 Å². The van der Waals surface area contributed by atoms with E-state index in [1.165, 1.54) is 65.6 Å². The molecule has 2 heteroatoms. The van der Waals surface area contributed by atoms with Gasteiger partial charge in [0.25, 0.3) is 0 Å². The first-order chi connectivity index (χ1) is 9.15. The van der Waals surface area contributed by atoms with Crippen molar-refractivity contribution >= 4 is 10.9 Å². The number of hydrogen-bond acceptors (Lipinski definition) is 1. The summed E-state index contributed by atoms with van der Waals surface area (Å²) in [5.74, 6) is 0.798. The fourth-order valence-corrected chi connectivity index (χ4v) is 3.49. The van der Waals surface area contributed by atoms with Crippen LogP contribution >= 0.6 is 0 Å². The van der Waals surface area contributed by atoms with Gasteiger partial charge in [0, 0.05) is 16.6 Å². The number of benzene rings is 1. The summed E-state index contributed by atoms with van der Waals surface area (Å²) >= 11 is 0. The van der Waals surface area contributed by atoms with E-state index in [1.807, 2.05) is 0 Å². The molecule has 0 radical (unpaired) electrons. The minimum absolute atomic E-state index is 0.798. The van der Waals surface area contributed by atoms with Crippen LogP contribution in [0.3, 0.4) is 0 Å². The molecule has 0 aliphatic carbocycles. The SMILES string of the molecule is Cc1cc(C)c2[nH]c(C)c(CC3CCCNC3)c2c1. The molecule has 1 fully saturated rings. The summed E-state index contributed by atoms with van der Waals surface area (Å²) in [6.07, 6.45) is 3.90. The molecular formula is C17H24N2. The lowest BCUT2D eigenvalue weighted by Gasteiger charge is -2.22. The number of aryl methyl sites for hydroxylation is 3. The fourth-order valence-electron chi connectivity index (χ4n) is 3.49. The topological polar surface area (TPSA) is 27.8 Å². The van der Waals surface area contributed by atoms with Gasteiger partial charge in [-0.2, -0.15) is 0 Å². The van der Waals surface area contributed by atoms with Gasteiger partial charge in [-0.3, -0.25) is 0 Å². The standard InChI is InChI=1S/C17H24N2/c1-11-7-12(2)17-16(8-11)15(13(3)19-17)9-14-5-4-6-18-10-14/h7-8,14,18-19H,4-6,9-10H2,1-3H3. The van der Waals surface area contributed by atoms with E-state index in [1.54, 1.807) is 0 Å². The minimum Gasteiger partial charge on any atom is -0.358 e. The third-order valence-corrected chi connectivity index (χ3v) is 4.46. The molecule has 0 saturated carbocycles. The molecule has 1 saturated heterocycles. The summed E-state index contributed by atoms with van der Waals surface area (Å²) in [5.41, 5.74) is 6.96. The summed E-state index contributed by atoms with van der Waals surface area (Å²) in [4.78, 5) is 3.59. The molecule has 1 aromatic heterocycles. The Morgan fingerprint density at radius 3 is 2.79 bits per heavy atom. The average molecular weight is 256 g/mol. The summed E-state index contributed by atoms with van der Waals surface area (Å²) in [6, 6.07) is 4.61. The van der Waals surface area contributed by atoms with Gasteiger partial charge in [0.1, 0.15) is 0 Å². The molecule has 1 aromatic carbocycles. The number of rotatable bonds is 2. The zero-order valence-electron chi connectivity index (χ0n) is 12.3. The van der Waals surface area contributed by atoms with Gasteiger partial charge in [-0.25, -0.2) is 0 Å². The van der Waals surface area contributed by atoms with Crippen LogP contribution in [0.5, 0.6) is 0 Å². The van der Waals surface area contributed by atoms with E-state index < -0.39 is 0 Å². The predicted molar refractivity (Wildman–Crippen MR) is 81.8 cm³/mol. The summed E-state index contributed by atoms with van der Waals surface area (Å²) in [5, 5.41) is 4.97. The van der Waals surface area contributed by atoms with Crippen molar-refractivity contribution < 1.29 is 0 Å². The largest absolute Gasteiger partial charge is 0.358 e. The third kappa shape index (κ3) is 2.42. The Balaban J connectivity index is 1.99. The number of nitrogens with one attached hydrogen (secondary N) is 2. The summed E-state index contributed by atoms with van der Waals surface area (Å²) < 4.78 is 0. The monoisotopic (exact) mass is 256 g/mol. The van der Waals surface area contributed by atoms with Gasteiger partial charge >= 0.3 is 0 Å². The number of aromatic nitrogens is 1. The van der Waals surface area contributed by atoms with Crippen molar-refractivity contribution in [2.45, 2.75) is 40.0 Å². The van der Waals surface area contributed by atoms with Crippen LogP contribution in [0.4, 0.5) is 0 Å². The van der Waals surface area contributed by atoms with Gasteiger partial charge in [-0.1, -0.05) is 11.6 Å². The molecule has 102 valence electrons. The fraction of sp³-hybridized carbons (Fsp3) is 0.529. The highest BCUT2D eigenvalue weighted by molar-refractivity contribution is 5.88. The molecule has 1 atom stereocenters. The Hall–Kier alpha value is -1.28. The third-order valence-electron chi connectivity index (χ3n) is 4.46.